The molecule has 0 radical (unpaired) electrons. The fourth-order valence-electron chi connectivity index (χ4n) is 3.97. The third-order valence-corrected chi connectivity index (χ3v) is 6.03. The summed E-state index contributed by atoms with van der Waals surface area (Å²) in [5, 5.41) is 0. The SMILES string of the molecule is COc1cccc(CN2CC(OCC3CC3)CN(C(=O)C(=O)Cc3ccccc3)CC2=O)c1. The van der Waals surface area contributed by atoms with E-state index in [0.717, 1.165) is 29.7 Å². The molecule has 0 N–H and O–H groups in total. The lowest BCUT2D eigenvalue weighted by atomic mass is 10.1. The van der Waals surface area contributed by atoms with Crippen molar-refractivity contribution in [2.24, 2.45) is 5.92 Å². The highest BCUT2D eigenvalue weighted by molar-refractivity contribution is 6.36. The molecule has 1 atom stereocenters. The highest BCUT2D eigenvalue weighted by Crippen LogP contribution is 2.29. The van der Waals surface area contributed by atoms with Gasteiger partial charge in [-0.1, -0.05) is 42.5 Å². The second kappa shape index (κ2) is 10.6. The topological polar surface area (TPSA) is 76.2 Å². The number of carbonyl (C=O) groups is 3. The first kappa shape index (κ1) is 23.0. The van der Waals surface area contributed by atoms with Crippen molar-refractivity contribution in [3.8, 4) is 5.75 Å². The Morgan fingerprint density at radius 3 is 2.48 bits per heavy atom. The van der Waals surface area contributed by atoms with Crippen molar-refractivity contribution in [1.82, 2.24) is 9.80 Å². The summed E-state index contributed by atoms with van der Waals surface area (Å²) < 4.78 is 11.4. The van der Waals surface area contributed by atoms with Crippen LogP contribution >= 0.6 is 0 Å². The minimum atomic E-state index is -0.629. The third-order valence-electron chi connectivity index (χ3n) is 6.03. The molecule has 174 valence electrons. The number of carbonyl (C=O) groups excluding carboxylic acids is 3. The maximum Gasteiger partial charge on any atom is 0.290 e. The van der Waals surface area contributed by atoms with Crippen molar-refractivity contribution in [2.45, 2.75) is 31.9 Å². The Hall–Kier alpha value is -3.19. The number of nitrogens with zero attached hydrogens (tertiary/aromatic N) is 2. The van der Waals surface area contributed by atoms with E-state index in [1.165, 1.54) is 4.90 Å². The molecule has 1 heterocycles. The van der Waals surface area contributed by atoms with Gasteiger partial charge in [-0.05, 0) is 42.0 Å². The first-order chi connectivity index (χ1) is 16.0. The molecule has 1 aliphatic heterocycles. The van der Waals surface area contributed by atoms with Gasteiger partial charge >= 0.3 is 0 Å². The number of hydrogen-bond acceptors (Lipinski definition) is 5. The van der Waals surface area contributed by atoms with Crippen molar-refractivity contribution < 1.29 is 23.9 Å². The molecule has 7 heteroatoms. The molecule has 2 aromatic rings. The second-order valence-corrected chi connectivity index (χ2v) is 8.80. The van der Waals surface area contributed by atoms with Gasteiger partial charge in [0.15, 0.2) is 0 Å². The third kappa shape index (κ3) is 6.42. The lowest BCUT2D eigenvalue weighted by molar-refractivity contribution is -0.146. The van der Waals surface area contributed by atoms with Crippen molar-refractivity contribution in [1.29, 1.82) is 0 Å². The molecule has 2 aliphatic rings. The molecule has 0 bridgehead atoms. The zero-order valence-electron chi connectivity index (χ0n) is 18.9. The standard InChI is InChI=1S/C26H30N2O5/c1-32-22-9-5-8-21(12-22)14-27-15-23(33-18-20-10-11-20)16-28(17-25(27)30)26(31)24(29)13-19-6-3-2-4-7-19/h2-9,12,20,23H,10-11,13-18H2,1H3. The summed E-state index contributed by atoms with van der Waals surface area (Å²) in [5.41, 5.74) is 1.71. The van der Waals surface area contributed by atoms with E-state index in [9.17, 15) is 14.4 Å². The van der Waals surface area contributed by atoms with E-state index in [1.54, 1.807) is 12.0 Å². The van der Waals surface area contributed by atoms with Gasteiger partial charge in [0.05, 0.1) is 13.2 Å². The molecule has 7 nitrogen and oxygen atoms in total. The summed E-state index contributed by atoms with van der Waals surface area (Å²) in [6.07, 6.45) is 1.98. The highest BCUT2D eigenvalue weighted by Gasteiger charge is 2.34. The van der Waals surface area contributed by atoms with Crippen LogP contribution in [0.15, 0.2) is 54.6 Å². The van der Waals surface area contributed by atoms with Gasteiger partial charge in [0, 0.05) is 32.7 Å². The zero-order valence-corrected chi connectivity index (χ0v) is 18.9. The van der Waals surface area contributed by atoms with Crippen LogP contribution < -0.4 is 4.74 Å². The van der Waals surface area contributed by atoms with Crippen molar-refractivity contribution in [3.63, 3.8) is 0 Å². The number of hydrogen-bond donors (Lipinski definition) is 0. The van der Waals surface area contributed by atoms with E-state index in [4.69, 9.17) is 9.47 Å². The number of ether oxygens (including phenoxy) is 2. The lowest BCUT2D eigenvalue weighted by Crippen LogP contribution is -2.43. The van der Waals surface area contributed by atoms with Crippen LogP contribution in [-0.4, -0.2) is 66.9 Å². The van der Waals surface area contributed by atoms with E-state index in [0.29, 0.717) is 25.6 Å². The Kier molecular flexibility index (Phi) is 7.40. The molecule has 0 aromatic heterocycles. The van der Waals surface area contributed by atoms with E-state index in [1.807, 2.05) is 54.6 Å². The molecule has 2 aromatic carbocycles. The molecule has 33 heavy (non-hydrogen) atoms. The zero-order chi connectivity index (χ0) is 23.2. The van der Waals surface area contributed by atoms with Crippen LogP contribution in [0.5, 0.6) is 5.75 Å². The fourth-order valence-corrected chi connectivity index (χ4v) is 3.97. The molecule has 4 rings (SSSR count). The van der Waals surface area contributed by atoms with E-state index in [2.05, 4.69) is 0 Å². The van der Waals surface area contributed by atoms with Gasteiger partial charge < -0.3 is 19.3 Å². The molecule has 1 saturated carbocycles. The summed E-state index contributed by atoms with van der Waals surface area (Å²) >= 11 is 0. The quantitative estimate of drug-likeness (QED) is 0.549. The normalized spacial score (nSPS) is 18.7. The van der Waals surface area contributed by atoms with Crippen LogP contribution in [0.25, 0.3) is 0 Å². The summed E-state index contributed by atoms with van der Waals surface area (Å²) in [6.45, 7) is 1.48. The number of benzene rings is 2. The summed E-state index contributed by atoms with van der Waals surface area (Å²) in [4.78, 5) is 41.8. The first-order valence-corrected chi connectivity index (χ1v) is 11.4. The number of ketones is 1. The predicted octanol–water partition coefficient (Wildman–Crippen LogP) is 2.47. The van der Waals surface area contributed by atoms with Gasteiger partial charge in [0.1, 0.15) is 12.3 Å². The van der Waals surface area contributed by atoms with Crippen LogP contribution in [0, 0.1) is 5.92 Å². The number of amides is 2. The smallest absolute Gasteiger partial charge is 0.290 e. The van der Waals surface area contributed by atoms with Gasteiger partial charge in [-0.25, -0.2) is 0 Å². The average Bonchev–Trinajstić information content (AvgIpc) is 3.67. The molecular weight excluding hydrogens is 420 g/mol. The monoisotopic (exact) mass is 450 g/mol. The van der Waals surface area contributed by atoms with E-state index >= 15 is 0 Å². The largest absolute Gasteiger partial charge is 0.497 e. The highest BCUT2D eigenvalue weighted by atomic mass is 16.5. The Balaban J connectivity index is 1.47. The molecular formula is C26H30N2O5. The Morgan fingerprint density at radius 2 is 1.76 bits per heavy atom. The summed E-state index contributed by atoms with van der Waals surface area (Å²) in [7, 11) is 1.61. The molecule has 1 unspecified atom stereocenters. The van der Waals surface area contributed by atoms with Gasteiger partial charge in [-0.15, -0.1) is 0 Å². The molecule has 1 aliphatic carbocycles. The fraction of sp³-hybridized carbons (Fsp3) is 0.423. The van der Waals surface area contributed by atoms with Gasteiger partial charge in [0.25, 0.3) is 5.91 Å². The Bertz CT molecular complexity index is 989. The predicted molar refractivity (Wildman–Crippen MR) is 123 cm³/mol. The van der Waals surface area contributed by atoms with Crippen LogP contribution in [0.2, 0.25) is 0 Å². The van der Waals surface area contributed by atoms with Crippen LogP contribution in [0.3, 0.4) is 0 Å². The van der Waals surface area contributed by atoms with Crippen molar-refractivity contribution in [3.05, 3.63) is 65.7 Å². The van der Waals surface area contributed by atoms with Crippen LogP contribution in [0.4, 0.5) is 0 Å². The minimum Gasteiger partial charge on any atom is -0.497 e. The number of methoxy groups -OCH3 is 1. The van der Waals surface area contributed by atoms with Crippen LogP contribution in [0.1, 0.15) is 24.0 Å². The lowest BCUT2D eigenvalue weighted by Gasteiger charge is -2.25. The van der Waals surface area contributed by atoms with E-state index < -0.39 is 11.7 Å². The Labute approximate surface area is 194 Å². The first-order valence-electron chi connectivity index (χ1n) is 11.4. The Morgan fingerprint density at radius 1 is 1.00 bits per heavy atom. The molecule has 0 spiro atoms. The number of Topliss-reactive ketones (excluding diaryl/α,β-unsaturated/α-hetero) is 1. The number of rotatable bonds is 9. The van der Waals surface area contributed by atoms with Crippen molar-refractivity contribution >= 4 is 17.6 Å². The minimum absolute atomic E-state index is 0.0193. The van der Waals surface area contributed by atoms with Crippen molar-refractivity contribution in [2.75, 3.05) is 33.4 Å². The van der Waals surface area contributed by atoms with E-state index in [-0.39, 0.29) is 31.5 Å². The summed E-state index contributed by atoms with van der Waals surface area (Å²) in [5.74, 6) is -0.0675. The molecule has 2 amide bonds. The maximum absolute atomic E-state index is 13.1. The maximum atomic E-state index is 13.1. The summed E-state index contributed by atoms with van der Waals surface area (Å²) in [6, 6.07) is 16.7. The second-order valence-electron chi connectivity index (χ2n) is 8.80. The molecule has 2 fully saturated rings. The van der Waals surface area contributed by atoms with Gasteiger partial charge in [-0.2, -0.15) is 0 Å². The van der Waals surface area contributed by atoms with Gasteiger partial charge in [-0.3, -0.25) is 14.4 Å². The average molecular weight is 451 g/mol. The van der Waals surface area contributed by atoms with Gasteiger partial charge in [0.2, 0.25) is 11.7 Å². The van der Waals surface area contributed by atoms with Crippen LogP contribution in [-0.2, 0) is 32.1 Å². The molecule has 1 saturated heterocycles.